The Morgan fingerprint density at radius 3 is 2.53 bits per heavy atom. The van der Waals surface area contributed by atoms with Crippen LogP contribution < -0.4 is 10.6 Å². The monoisotopic (exact) mass is 240 g/mol. The Hall–Kier alpha value is -0.610. The Morgan fingerprint density at radius 1 is 1.24 bits per heavy atom. The predicted octanol–water partition coefficient (Wildman–Crippen LogP) is 0.917. The zero-order chi connectivity index (χ0) is 12.1. The van der Waals surface area contributed by atoms with E-state index in [1.165, 1.54) is 12.8 Å². The van der Waals surface area contributed by atoms with Gasteiger partial charge in [0.25, 0.3) is 0 Å². The summed E-state index contributed by atoms with van der Waals surface area (Å²) in [5.74, 6) is 1.05. The molecule has 0 aromatic carbocycles. The molecule has 0 radical (unpaired) electrons. The quantitative estimate of drug-likeness (QED) is 0.771. The van der Waals surface area contributed by atoms with Crippen molar-refractivity contribution in [3.8, 4) is 0 Å². The van der Waals surface area contributed by atoms with Crippen molar-refractivity contribution in [3.05, 3.63) is 0 Å². The number of amides is 1. The first-order valence-corrected chi connectivity index (χ1v) is 6.86. The zero-order valence-electron chi connectivity index (χ0n) is 10.7. The maximum atomic E-state index is 12.1. The fraction of sp³-hybridized carbons (Fsp3) is 0.923. The highest BCUT2D eigenvalue weighted by Gasteiger charge is 2.26. The minimum absolute atomic E-state index is 0.174. The summed E-state index contributed by atoms with van der Waals surface area (Å²) in [6, 6.07) is 0.312. The zero-order valence-corrected chi connectivity index (χ0v) is 10.7. The van der Waals surface area contributed by atoms with Crippen LogP contribution in [0.15, 0.2) is 0 Å². The number of hydrogen-bond acceptors (Lipinski definition) is 3. The first-order chi connectivity index (χ1) is 8.27. The Balaban J connectivity index is 1.76. The van der Waals surface area contributed by atoms with Gasteiger partial charge in [-0.15, -0.1) is 0 Å². The molecule has 2 heterocycles. The molecule has 2 aliphatic heterocycles. The van der Waals surface area contributed by atoms with Gasteiger partial charge >= 0.3 is 0 Å². The smallest absolute Gasteiger partial charge is 0.223 e. The van der Waals surface area contributed by atoms with E-state index >= 15 is 0 Å². The summed E-state index contributed by atoms with van der Waals surface area (Å²) >= 11 is 0. The third kappa shape index (κ3) is 3.68. The van der Waals surface area contributed by atoms with Crippen LogP contribution in [0.3, 0.4) is 0 Å². The first kappa shape index (κ1) is 12.8. The van der Waals surface area contributed by atoms with Crippen molar-refractivity contribution in [2.24, 2.45) is 11.8 Å². The normalized spacial score (nSPS) is 25.5. The van der Waals surface area contributed by atoms with E-state index in [0.29, 0.717) is 12.0 Å². The molecule has 2 fully saturated rings. The SMILES string of the molecule is CC(NC(=O)C1CCOCC1)C1CCNCC1. The standard InChI is InChI=1S/C13H24N2O2/c1-10(11-2-6-14-7-3-11)15-13(16)12-4-8-17-9-5-12/h10-12,14H,2-9H2,1H3,(H,15,16). The van der Waals surface area contributed by atoms with Crippen molar-refractivity contribution in [2.75, 3.05) is 26.3 Å². The topological polar surface area (TPSA) is 50.4 Å². The molecule has 4 heteroatoms. The van der Waals surface area contributed by atoms with E-state index in [9.17, 15) is 4.79 Å². The molecule has 2 N–H and O–H groups in total. The van der Waals surface area contributed by atoms with Crippen molar-refractivity contribution in [1.82, 2.24) is 10.6 Å². The predicted molar refractivity (Wildman–Crippen MR) is 66.7 cm³/mol. The highest BCUT2D eigenvalue weighted by Crippen LogP contribution is 2.19. The fourth-order valence-corrected chi connectivity index (χ4v) is 2.76. The van der Waals surface area contributed by atoms with Gasteiger partial charge in [-0.1, -0.05) is 0 Å². The lowest BCUT2D eigenvalue weighted by molar-refractivity contribution is -0.128. The molecule has 0 aliphatic carbocycles. The molecule has 2 rings (SSSR count). The average Bonchev–Trinajstić information content (AvgIpc) is 2.40. The summed E-state index contributed by atoms with van der Waals surface area (Å²) in [6.07, 6.45) is 4.11. The molecular weight excluding hydrogens is 216 g/mol. The maximum Gasteiger partial charge on any atom is 0.223 e. The van der Waals surface area contributed by atoms with E-state index in [0.717, 1.165) is 39.1 Å². The summed E-state index contributed by atoms with van der Waals surface area (Å²) in [5, 5.41) is 6.55. The van der Waals surface area contributed by atoms with Crippen LogP contribution in [0.5, 0.6) is 0 Å². The van der Waals surface area contributed by atoms with Crippen LogP contribution >= 0.6 is 0 Å². The highest BCUT2D eigenvalue weighted by atomic mass is 16.5. The van der Waals surface area contributed by atoms with Crippen LogP contribution in [0, 0.1) is 11.8 Å². The molecule has 1 unspecified atom stereocenters. The fourth-order valence-electron chi connectivity index (χ4n) is 2.76. The largest absolute Gasteiger partial charge is 0.381 e. The second-order valence-electron chi connectivity index (χ2n) is 5.27. The third-order valence-corrected chi connectivity index (χ3v) is 4.05. The minimum Gasteiger partial charge on any atom is -0.381 e. The van der Waals surface area contributed by atoms with Gasteiger partial charge in [0.1, 0.15) is 0 Å². The molecule has 4 nitrogen and oxygen atoms in total. The third-order valence-electron chi connectivity index (χ3n) is 4.05. The molecule has 98 valence electrons. The molecule has 0 bridgehead atoms. The molecule has 1 atom stereocenters. The molecule has 17 heavy (non-hydrogen) atoms. The lowest BCUT2D eigenvalue weighted by atomic mass is 9.90. The van der Waals surface area contributed by atoms with E-state index in [1.54, 1.807) is 0 Å². The van der Waals surface area contributed by atoms with Gasteiger partial charge in [0.15, 0.2) is 0 Å². The van der Waals surface area contributed by atoms with E-state index < -0.39 is 0 Å². The second kappa shape index (κ2) is 6.36. The van der Waals surface area contributed by atoms with Crippen LogP contribution in [0.4, 0.5) is 0 Å². The summed E-state index contributed by atoms with van der Waals surface area (Å²) in [5.41, 5.74) is 0. The average molecular weight is 240 g/mol. The van der Waals surface area contributed by atoms with Crippen LogP contribution in [0.2, 0.25) is 0 Å². The molecule has 0 spiro atoms. The number of nitrogens with one attached hydrogen (secondary N) is 2. The van der Waals surface area contributed by atoms with Crippen molar-refractivity contribution < 1.29 is 9.53 Å². The van der Waals surface area contributed by atoms with Crippen molar-refractivity contribution in [3.63, 3.8) is 0 Å². The lowest BCUT2D eigenvalue weighted by Crippen LogP contribution is -2.45. The van der Waals surface area contributed by atoms with Gasteiger partial charge in [0, 0.05) is 25.2 Å². The Bertz CT molecular complexity index is 246. The lowest BCUT2D eigenvalue weighted by Gasteiger charge is -2.30. The Kier molecular flexibility index (Phi) is 4.80. The van der Waals surface area contributed by atoms with Gasteiger partial charge in [-0.25, -0.2) is 0 Å². The van der Waals surface area contributed by atoms with Crippen LogP contribution in [0.25, 0.3) is 0 Å². The molecule has 0 aromatic heterocycles. The van der Waals surface area contributed by atoms with Gasteiger partial charge in [-0.2, -0.15) is 0 Å². The minimum atomic E-state index is 0.174. The number of rotatable bonds is 3. The van der Waals surface area contributed by atoms with Crippen LogP contribution in [-0.2, 0) is 9.53 Å². The number of piperidine rings is 1. The first-order valence-electron chi connectivity index (χ1n) is 6.86. The van der Waals surface area contributed by atoms with Crippen LogP contribution in [0.1, 0.15) is 32.6 Å². The Morgan fingerprint density at radius 2 is 1.88 bits per heavy atom. The van der Waals surface area contributed by atoms with Gasteiger partial charge in [-0.3, -0.25) is 4.79 Å². The van der Waals surface area contributed by atoms with Gasteiger partial charge in [-0.05, 0) is 51.6 Å². The molecule has 0 aromatic rings. The summed E-state index contributed by atoms with van der Waals surface area (Å²) < 4.78 is 5.28. The number of ether oxygens (including phenoxy) is 1. The van der Waals surface area contributed by atoms with Crippen molar-refractivity contribution >= 4 is 5.91 Å². The van der Waals surface area contributed by atoms with Crippen LogP contribution in [-0.4, -0.2) is 38.3 Å². The van der Waals surface area contributed by atoms with E-state index in [1.807, 2.05) is 0 Å². The number of carbonyl (C=O) groups is 1. The summed E-state index contributed by atoms with van der Waals surface area (Å²) in [7, 11) is 0. The summed E-state index contributed by atoms with van der Waals surface area (Å²) in [4.78, 5) is 12.1. The Labute approximate surface area is 103 Å². The molecule has 0 saturated carbocycles. The van der Waals surface area contributed by atoms with E-state index in [4.69, 9.17) is 4.74 Å². The molecule has 2 aliphatic rings. The van der Waals surface area contributed by atoms with E-state index in [-0.39, 0.29) is 11.8 Å². The molecular formula is C13H24N2O2. The highest BCUT2D eigenvalue weighted by molar-refractivity contribution is 5.79. The summed E-state index contributed by atoms with van der Waals surface area (Å²) in [6.45, 7) is 5.79. The van der Waals surface area contributed by atoms with Crippen molar-refractivity contribution in [1.29, 1.82) is 0 Å². The van der Waals surface area contributed by atoms with Gasteiger partial charge in [0.05, 0.1) is 0 Å². The number of hydrogen-bond donors (Lipinski definition) is 2. The maximum absolute atomic E-state index is 12.1. The second-order valence-corrected chi connectivity index (χ2v) is 5.27. The molecule has 2 saturated heterocycles. The number of carbonyl (C=O) groups excluding carboxylic acids is 1. The van der Waals surface area contributed by atoms with Crippen molar-refractivity contribution in [2.45, 2.75) is 38.6 Å². The van der Waals surface area contributed by atoms with E-state index in [2.05, 4.69) is 17.6 Å². The van der Waals surface area contributed by atoms with Gasteiger partial charge in [0.2, 0.25) is 5.91 Å². The van der Waals surface area contributed by atoms with Gasteiger partial charge < -0.3 is 15.4 Å². The molecule has 1 amide bonds.